The highest BCUT2D eigenvalue weighted by Gasteiger charge is 2.16. The summed E-state index contributed by atoms with van der Waals surface area (Å²) in [5, 5.41) is 0. The van der Waals surface area contributed by atoms with E-state index < -0.39 is 5.91 Å². The van der Waals surface area contributed by atoms with Crippen LogP contribution in [0.4, 0.5) is 0 Å². The maximum absolute atomic E-state index is 11.9. The Balaban J connectivity index is 1.78. The number of carbonyl (C=O) groups is 1. The van der Waals surface area contributed by atoms with E-state index in [1.54, 1.807) is 6.07 Å². The summed E-state index contributed by atoms with van der Waals surface area (Å²) in [6.07, 6.45) is 4.02. The number of aromatic nitrogens is 2. The van der Waals surface area contributed by atoms with Crippen LogP contribution in [0.3, 0.4) is 0 Å². The average molecular weight is 389 g/mol. The Labute approximate surface area is 174 Å². The Morgan fingerprint density at radius 1 is 0.700 bits per heavy atom. The molecule has 144 valence electrons. The SMILES string of the molecule is NC(=O)c1ccccc1-c1cn2cc(-c3ccccc3)cc(-c3ccccc3)c2n1. The molecule has 0 atom stereocenters. The van der Waals surface area contributed by atoms with Gasteiger partial charge in [0.25, 0.3) is 0 Å². The number of imidazole rings is 1. The fourth-order valence-electron chi connectivity index (χ4n) is 3.77. The zero-order chi connectivity index (χ0) is 20.5. The molecule has 0 radical (unpaired) electrons. The summed E-state index contributed by atoms with van der Waals surface area (Å²) in [4.78, 5) is 16.8. The summed E-state index contributed by atoms with van der Waals surface area (Å²) in [5.41, 5.74) is 12.7. The molecular formula is C26H19N3O. The van der Waals surface area contributed by atoms with Crippen LogP contribution in [0.5, 0.6) is 0 Å². The molecule has 2 aromatic heterocycles. The van der Waals surface area contributed by atoms with Crippen LogP contribution in [0, 0.1) is 0 Å². The molecule has 0 saturated heterocycles. The Kier molecular flexibility index (Phi) is 4.37. The zero-order valence-corrected chi connectivity index (χ0v) is 16.2. The first-order valence-corrected chi connectivity index (χ1v) is 9.73. The fraction of sp³-hybridized carbons (Fsp3) is 0. The molecular weight excluding hydrogens is 370 g/mol. The Bertz CT molecular complexity index is 1360. The first-order valence-electron chi connectivity index (χ1n) is 9.73. The number of nitrogens with zero attached hydrogens (tertiary/aromatic N) is 2. The highest BCUT2D eigenvalue weighted by Crippen LogP contribution is 2.32. The number of benzene rings is 3. The molecule has 2 heterocycles. The lowest BCUT2D eigenvalue weighted by Crippen LogP contribution is -2.12. The molecule has 3 aromatic carbocycles. The van der Waals surface area contributed by atoms with Crippen molar-refractivity contribution in [1.82, 2.24) is 9.38 Å². The number of carbonyl (C=O) groups excluding carboxylic acids is 1. The molecule has 0 aliphatic rings. The highest BCUT2D eigenvalue weighted by atomic mass is 16.1. The third kappa shape index (κ3) is 3.14. The standard InChI is InChI=1S/C26H19N3O/c27-25(30)22-14-8-7-13-21(22)24-17-29-16-20(18-9-3-1-4-10-18)15-23(26(29)28-24)19-11-5-2-6-12-19/h1-17H,(H2,27,30). The van der Waals surface area contributed by atoms with Crippen LogP contribution in [0.25, 0.3) is 39.2 Å². The molecule has 30 heavy (non-hydrogen) atoms. The molecule has 4 nitrogen and oxygen atoms in total. The van der Waals surface area contributed by atoms with Gasteiger partial charge in [-0.1, -0.05) is 78.9 Å². The van der Waals surface area contributed by atoms with Gasteiger partial charge in [0.05, 0.1) is 5.69 Å². The second-order valence-electron chi connectivity index (χ2n) is 7.14. The minimum atomic E-state index is -0.462. The number of pyridine rings is 1. The first kappa shape index (κ1) is 17.9. The molecule has 0 unspecified atom stereocenters. The number of hydrogen-bond donors (Lipinski definition) is 1. The monoisotopic (exact) mass is 389 g/mol. The van der Waals surface area contributed by atoms with Crippen LogP contribution < -0.4 is 5.73 Å². The molecule has 0 aliphatic heterocycles. The summed E-state index contributed by atoms with van der Waals surface area (Å²) in [7, 11) is 0. The smallest absolute Gasteiger partial charge is 0.249 e. The summed E-state index contributed by atoms with van der Waals surface area (Å²) in [5.74, 6) is -0.462. The first-order chi connectivity index (χ1) is 14.7. The van der Waals surface area contributed by atoms with Crippen LogP contribution in [0.15, 0.2) is 103 Å². The molecule has 2 N–H and O–H groups in total. The highest BCUT2D eigenvalue weighted by molar-refractivity contribution is 5.99. The van der Waals surface area contributed by atoms with Crippen molar-refractivity contribution in [2.45, 2.75) is 0 Å². The number of nitrogens with two attached hydrogens (primary N) is 1. The lowest BCUT2D eigenvalue weighted by Gasteiger charge is -2.09. The van der Waals surface area contributed by atoms with Crippen molar-refractivity contribution in [3.63, 3.8) is 0 Å². The van der Waals surface area contributed by atoms with E-state index in [9.17, 15) is 4.79 Å². The van der Waals surface area contributed by atoms with Crippen molar-refractivity contribution in [2.24, 2.45) is 5.73 Å². The molecule has 1 amide bonds. The largest absolute Gasteiger partial charge is 0.366 e. The van der Waals surface area contributed by atoms with Gasteiger partial charge in [0, 0.05) is 29.1 Å². The molecule has 0 bridgehead atoms. The minimum Gasteiger partial charge on any atom is -0.366 e. The van der Waals surface area contributed by atoms with Gasteiger partial charge in [0.2, 0.25) is 5.91 Å². The maximum atomic E-state index is 11.9. The number of primary amides is 1. The molecule has 5 rings (SSSR count). The molecule has 0 fully saturated rings. The Morgan fingerprint density at radius 3 is 2.03 bits per heavy atom. The van der Waals surface area contributed by atoms with Gasteiger partial charge in [0.1, 0.15) is 5.65 Å². The van der Waals surface area contributed by atoms with Gasteiger partial charge in [-0.05, 0) is 28.8 Å². The quantitative estimate of drug-likeness (QED) is 0.445. The molecule has 0 spiro atoms. The lowest BCUT2D eigenvalue weighted by atomic mass is 10.0. The van der Waals surface area contributed by atoms with Crippen molar-refractivity contribution in [1.29, 1.82) is 0 Å². The van der Waals surface area contributed by atoms with E-state index in [-0.39, 0.29) is 0 Å². The van der Waals surface area contributed by atoms with E-state index >= 15 is 0 Å². The van der Waals surface area contributed by atoms with Crippen molar-refractivity contribution < 1.29 is 4.79 Å². The number of rotatable bonds is 4. The minimum absolute atomic E-state index is 0.462. The van der Waals surface area contributed by atoms with Gasteiger partial charge >= 0.3 is 0 Å². The van der Waals surface area contributed by atoms with Crippen LogP contribution in [-0.4, -0.2) is 15.3 Å². The van der Waals surface area contributed by atoms with Crippen LogP contribution in [0.1, 0.15) is 10.4 Å². The number of fused-ring (bicyclic) bond motifs is 1. The second kappa shape index (κ2) is 7.33. The van der Waals surface area contributed by atoms with Gasteiger partial charge in [-0.25, -0.2) is 4.98 Å². The normalized spacial score (nSPS) is 10.9. The van der Waals surface area contributed by atoms with E-state index in [0.717, 1.165) is 33.5 Å². The topological polar surface area (TPSA) is 60.4 Å². The predicted molar refractivity (Wildman–Crippen MR) is 120 cm³/mol. The third-order valence-corrected chi connectivity index (χ3v) is 5.21. The number of hydrogen-bond acceptors (Lipinski definition) is 2. The summed E-state index contributed by atoms with van der Waals surface area (Å²) >= 11 is 0. The lowest BCUT2D eigenvalue weighted by molar-refractivity contribution is 0.100. The number of amides is 1. The Morgan fingerprint density at radius 2 is 1.33 bits per heavy atom. The predicted octanol–water partition coefficient (Wildman–Crippen LogP) is 5.43. The van der Waals surface area contributed by atoms with Crippen LogP contribution in [0.2, 0.25) is 0 Å². The summed E-state index contributed by atoms with van der Waals surface area (Å²) in [6, 6.07) is 29.9. The summed E-state index contributed by atoms with van der Waals surface area (Å²) < 4.78 is 2.03. The van der Waals surface area contributed by atoms with Crippen molar-refractivity contribution in [2.75, 3.05) is 0 Å². The van der Waals surface area contributed by atoms with E-state index in [1.807, 2.05) is 65.2 Å². The second-order valence-corrected chi connectivity index (χ2v) is 7.14. The maximum Gasteiger partial charge on any atom is 0.249 e. The molecule has 0 aliphatic carbocycles. The van der Waals surface area contributed by atoms with Gasteiger partial charge in [-0.2, -0.15) is 0 Å². The van der Waals surface area contributed by atoms with Gasteiger partial charge in [0.15, 0.2) is 0 Å². The van der Waals surface area contributed by atoms with Gasteiger partial charge in [-0.15, -0.1) is 0 Å². The van der Waals surface area contributed by atoms with Crippen molar-refractivity contribution >= 4 is 11.6 Å². The molecule has 4 heteroatoms. The van der Waals surface area contributed by atoms with E-state index in [0.29, 0.717) is 11.3 Å². The molecule has 5 aromatic rings. The van der Waals surface area contributed by atoms with Crippen LogP contribution >= 0.6 is 0 Å². The zero-order valence-electron chi connectivity index (χ0n) is 16.2. The average Bonchev–Trinajstić information content (AvgIpc) is 3.24. The van der Waals surface area contributed by atoms with Gasteiger partial charge < -0.3 is 10.1 Å². The van der Waals surface area contributed by atoms with Gasteiger partial charge in [-0.3, -0.25) is 4.79 Å². The van der Waals surface area contributed by atoms with E-state index in [4.69, 9.17) is 10.7 Å². The van der Waals surface area contributed by atoms with Crippen molar-refractivity contribution in [3.05, 3.63) is 109 Å². The van der Waals surface area contributed by atoms with E-state index in [1.165, 1.54) is 0 Å². The third-order valence-electron chi connectivity index (χ3n) is 5.21. The van der Waals surface area contributed by atoms with E-state index in [2.05, 4.69) is 36.5 Å². The molecule has 0 saturated carbocycles. The Hall–Kier alpha value is -4.18. The van der Waals surface area contributed by atoms with Crippen LogP contribution in [-0.2, 0) is 0 Å². The van der Waals surface area contributed by atoms with Crippen molar-refractivity contribution in [3.8, 4) is 33.5 Å². The summed E-state index contributed by atoms with van der Waals surface area (Å²) in [6.45, 7) is 0. The fourth-order valence-corrected chi connectivity index (χ4v) is 3.77.